The number of ketones is 1. The van der Waals surface area contributed by atoms with Gasteiger partial charge in [0.2, 0.25) is 0 Å². The third-order valence-corrected chi connectivity index (χ3v) is 2.93. The van der Waals surface area contributed by atoms with E-state index < -0.39 is 37.2 Å². The molecule has 0 aromatic heterocycles. The van der Waals surface area contributed by atoms with E-state index in [1.165, 1.54) is 6.07 Å². The number of rotatable bonds is 6. The minimum atomic E-state index is -3.10. The van der Waals surface area contributed by atoms with Crippen molar-refractivity contribution in [2.45, 2.75) is 13.2 Å². The monoisotopic (exact) mass is 307 g/mol. The number of carboxylic acids is 1. The van der Waals surface area contributed by atoms with Crippen molar-refractivity contribution in [3.8, 4) is 5.75 Å². The van der Waals surface area contributed by atoms with Crippen LogP contribution < -0.4 is 4.74 Å². The van der Waals surface area contributed by atoms with Crippen molar-refractivity contribution in [1.29, 1.82) is 0 Å². The van der Waals surface area contributed by atoms with Crippen molar-refractivity contribution in [1.82, 2.24) is 0 Å². The van der Waals surface area contributed by atoms with E-state index in [-0.39, 0.29) is 21.4 Å². The molecule has 0 aliphatic heterocycles. The zero-order valence-corrected chi connectivity index (χ0v) is 11.0. The molecule has 1 aromatic rings. The Kier molecular flexibility index (Phi) is 3.26. The molecule has 0 saturated carbocycles. The number of aliphatic carboxylic acids is 1. The van der Waals surface area contributed by atoms with Crippen LogP contribution in [0.25, 0.3) is 0 Å². The lowest BCUT2D eigenvalue weighted by Gasteiger charge is -2.10. The van der Waals surface area contributed by atoms with Crippen molar-refractivity contribution < 1.29 is 26.3 Å². The topological polar surface area (TPSA) is 63.6 Å². The fourth-order valence-corrected chi connectivity index (χ4v) is 1.64. The van der Waals surface area contributed by atoms with Gasteiger partial charge in [-0.1, -0.05) is 36.6 Å². The number of benzene rings is 1. The molecule has 102 valence electrons. The Balaban J connectivity index is 3.20. The van der Waals surface area contributed by atoms with Crippen LogP contribution in [0.1, 0.15) is 30.4 Å². The summed E-state index contributed by atoms with van der Waals surface area (Å²) in [6.07, 6.45) is -2.96. The van der Waals surface area contributed by atoms with Crippen LogP contribution in [0.2, 0.25) is 10.0 Å². The van der Waals surface area contributed by atoms with Gasteiger partial charge in [-0.05, 0) is 24.1 Å². The van der Waals surface area contributed by atoms with Crippen molar-refractivity contribution in [3.05, 3.63) is 39.9 Å². The Hall–Kier alpha value is -1.52. The van der Waals surface area contributed by atoms with E-state index in [2.05, 4.69) is 6.58 Å². The summed E-state index contributed by atoms with van der Waals surface area (Å²) in [7, 11) is 0. The molecule has 0 bridgehead atoms. The predicted octanol–water partition coefficient (Wildman–Crippen LogP) is 3.61. The van der Waals surface area contributed by atoms with Crippen LogP contribution in [0.5, 0.6) is 5.75 Å². The molecule has 0 heterocycles. The SMILES string of the molecule is [2H]C([2H])([2H])C([2H])([2H])C(=C)C(=O)c1ccc(OCC(=O)O)c(Cl)c1Cl. The van der Waals surface area contributed by atoms with Gasteiger partial charge in [0.05, 0.1) is 5.02 Å². The third kappa shape index (κ3) is 3.72. The first-order valence-corrected chi connectivity index (χ1v) is 5.63. The Morgan fingerprint density at radius 1 is 1.47 bits per heavy atom. The van der Waals surface area contributed by atoms with Gasteiger partial charge in [0.15, 0.2) is 12.4 Å². The molecule has 0 atom stereocenters. The fraction of sp³-hybridized carbons (Fsp3) is 0.231. The molecule has 0 aliphatic rings. The van der Waals surface area contributed by atoms with Crippen LogP contribution in [-0.4, -0.2) is 23.5 Å². The number of hydrogen-bond acceptors (Lipinski definition) is 3. The molecule has 19 heavy (non-hydrogen) atoms. The average Bonchev–Trinajstić information content (AvgIpc) is 2.46. The quantitative estimate of drug-likeness (QED) is 0.644. The second-order valence-electron chi connectivity index (χ2n) is 3.35. The Bertz CT molecular complexity index is 700. The summed E-state index contributed by atoms with van der Waals surface area (Å²) in [5.74, 6) is -2.38. The zero-order chi connectivity index (χ0) is 18.9. The summed E-state index contributed by atoms with van der Waals surface area (Å²) < 4.78 is 41.5. The maximum atomic E-state index is 12.3. The summed E-state index contributed by atoms with van der Waals surface area (Å²) >= 11 is 11.8. The van der Waals surface area contributed by atoms with Crippen molar-refractivity contribution >= 4 is 35.0 Å². The number of carbonyl (C=O) groups is 2. The summed E-state index contributed by atoms with van der Waals surface area (Å²) in [6.45, 7) is -0.553. The lowest BCUT2D eigenvalue weighted by Crippen LogP contribution is -2.10. The highest BCUT2D eigenvalue weighted by Crippen LogP contribution is 2.35. The van der Waals surface area contributed by atoms with E-state index in [9.17, 15) is 9.59 Å². The number of halogens is 2. The van der Waals surface area contributed by atoms with Crippen LogP contribution in [0.4, 0.5) is 0 Å². The minimum Gasteiger partial charge on any atom is -0.480 e. The number of allylic oxidation sites excluding steroid dienone is 1. The summed E-state index contributed by atoms with van der Waals surface area (Å²) in [6, 6.07) is 2.29. The van der Waals surface area contributed by atoms with Crippen LogP contribution in [0, 0.1) is 0 Å². The minimum absolute atomic E-state index is 0.0925. The summed E-state index contributed by atoms with van der Waals surface area (Å²) in [5.41, 5.74) is -1.08. The van der Waals surface area contributed by atoms with E-state index in [0.717, 1.165) is 6.07 Å². The largest absolute Gasteiger partial charge is 0.480 e. The average molecular weight is 308 g/mol. The van der Waals surface area contributed by atoms with Gasteiger partial charge in [-0.25, -0.2) is 4.79 Å². The van der Waals surface area contributed by atoms with Crippen molar-refractivity contribution in [2.24, 2.45) is 0 Å². The smallest absolute Gasteiger partial charge is 0.341 e. The lowest BCUT2D eigenvalue weighted by atomic mass is 10.0. The molecule has 1 rings (SSSR count). The molecule has 4 nitrogen and oxygen atoms in total. The molecule has 0 amide bonds. The molecule has 6 heteroatoms. The molecular formula is C13H12Cl2O4. The number of carboxylic acid groups (broad SMARTS) is 1. The second kappa shape index (κ2) is 6.59. The van der Waals surface area contributed by atoms with Gasteiger partial charge in [0.25, 0.3) is 0 Å². The van der Waals surface area contributed by atoms with Gasteiger partial charge in [0.1, 0.15) is 10.8 Å². The van der Waals surface area contributed by atoms with E-state index >= 15 is 0 Å². The van der Waals surface area contributed by atoms with Crippen LogP contribution in [0.15, 0.2) is 24.3 Å². The van der Waals surface area contributed by atoms with Gasteiger partial charge in [-0.15, -0.1) is 0 Å². The second-order valence-corrected chi connectivity index (χ2v) is 4.11. The zero-order valence-electron chi connectivity index (χ0n) is 14.5. The van der Waals surface area contributed by atoms with Crippen LogP contribution in [-0.2, 0) is 4.79 Å². The number of carbonyl (C=O) groups excluding carboxylic acids is 1. The highest BCUT2D eigenvalue weighted by atomic mass is 35.5. The van der Waals surface area contributed by atoms with Crippen LogP contribution in [0.3, 0.4) is 0 Å². The van der Waals surface area contributed by atoms with Gasteiger partial charge >= 0.3 is 5.97 Å². The lowest BCUT2D eigenvalue weighted by molar-refractivity contribution is -0.139. The number of hydrogen-bond donors (Lipinski definition) is 1. The molecule has 0 aliphatic carbocycles. The Labute approximate surface area is 127 Å². The number of ether oxygens (including phenoxy) is 1. The Morgan fingerprint density at radius 2 is 2.16 bits per heavy atom. The van der Waals surface area contributed by atoms with Crippen molar-refractivity contribution in [2.75, 3.05) is 6.61 Å². The fourth-order valence-electron chi connectivity index (χ4n) is 1.18. The maximum Gasteiger partial charge on any atom is 0.341 e. The van der Waals surface area contributed by atoms with E-state index in [0.29, 0.717) is 0 Å². The van der Waals surface area contributed by atoms with E-state index in [1.54, 1.807) is 0 Å². The molecule has 0 saturated heterocycles. The Morgan fingerprint density at radius 3 is 2.74 bits per heavy atom. The molecule has 0 unspecified atom stereocenters. The molecule has 1 N–H and O–H groups in total. The molecule has 0 radical (unpaired) electrons. The van der Waals surface area contributed by atoms with Gasteiger partial charge in [-0.3, -0.25) is 4.79 Å². The first-order valence-electron chi connectivity index (χ1n) is 7.37. The highest BCUT2D eigenvalue weighted by molar-refractivity contribution is 6.45. The van der Waals surface area contributed by atoms with Gasteiger partial charge in [0, 0.05) is 12.4 Å². The predicted molar refractivity (Wildman–Crippen MR) is 73.4 cm³/mol. The summed E-state index contributed by atoms with van der Waals surface area (Å²) in [4.78, 5) is 22.8. The standard InChI is InChI=1S/C13H12Cl2O4/c1-3-7(2)13(18)8-4-5-9(12(15)11(8)14)19-6-10(16)17/h4-5H,2-3,6H2,1H3,(H,16,17)/i1D3,3D2. The first kappa shape index (κ1) is 9.39. The summed E-state index contributed by atoms with van der Waals surface area (Å²) in [5, 5.41) is 7.97. The normalized spacial score (nSPS) is 15.4. The molecular weight excluding hydrogens is 291 g/mol. The highest BCUT2D eigenvalue weighted by Gasteiger charge is 2.18. The molecule has 1 aromatic carbocycles. The van der Waals surface area contributed by atoms with Gasteiger partial charge in [-0.2, -0.15) is 0 Å². The third-order valence-electron chi connectivity index (χ3n) is 2.07. The number of Topliss-reactive ketones (excluding diaryl/α,β-unsaturated/α-hetero) is 1. The van der Waals surface area contributed by atoms with Crippen LogP contribution >= 0.6 is 23.2 Å². The molecule has 0 spiro atoms. The van der Waals surface area contributed by atoms with Gasteiger partial charge < -0.3 is 9.84 Å². The first-order chi connectivity index (χ1) is 10.8. The van der Waals surface area contributed by atoms with E-state index in [1.807, 2.05) is 0 Å². The van der Waals surface area contributed by atoms with Crippen molar-refractivity contribution in [3.63, 3.8) is 0 Å². The maximum absolute atomic E-state index is 12.3. The molecule has 0 fully saturated rings. The van der Waals surface area contributed by atoms with E-state index in [4.69, 9.17) is 39.9 Å².